The molecule has 0 heterocycles. The first kappa shape index (κ1) is 21.0. The highest BCUT2D eigenvalue weighted by Crippen LogP contribution is 2.37. The molecule has 146 valence electrons. The van der Waals surface area contributed by atoms with Gasteiger partial charge in [0.2, 0.25) is 15.9 Å². The number of benzene rings is 1. The van der Waals surface area contributed by atoms with E-state index in [1.807, 2.05) is 0 Å². The van der Waals surface area contributed by atoms with Crippen molar-refractivity contribution >= 4 is 27.5 Å². The molecule has 3 atom stereocenters. The lowest BCUT2D eigenvalue weighted by atomic mass is 9.84. The van der Waals surface area contributed by atoms with E-state index in [1.165, 1.54) is 31.2 Å². The van der Waals surface area contributed by atoms with E-state index in [1.54, 1.807) is 0 Å². The van der Waals surface area contributed by atoms with Crippen molar-refractivity contribution in [1.82, 2.24) is 10.0 Å². The second-order valence-electron chi connectivity index (χ2n) is 6.34. The van der Waals surface area contributed by atoms with Gasteiger partial charge in [0, 0.05) is 11.1 Å². The van der Waals surface area contributed by atoms with Crippen LogP contribution in [0, 0.1) is 5.92 Å². The van der Waals surface area contributed by atoms with E-state index in [2.05, 4.69) is 10.0 Å². The molecule has 1 aliphatic carbocycles. The van der Waals surface area contributed by atoms with Gasteiger partial charge in [-0.3, -0.25) is 4.79 Å². The average Bonchev–Trinajstić information content (AvgIpc) is 2.54. The zero-order chi connectivity index (χ0) is 19.5. The van der Waals surface area contributed by atoms with E-state index in [9.17, 15) is 26.4 Å². The Balaban J connectivity index is 2.03. The molecular formula is C16H20ClF3N2O3S. The lowest BCUT2D eigenvalue weighted by Gasteiger charge is -2.34. The minimum Gasteiger partial charge on any atom is -0.351 e. The number of carbonyl (C=O) groups is 1. The van der Waals surface area contributed by atoms with Crippen LogP contribution in [0.25, 0.3) is 0 Å². The molecule has 0 radical (unpaired) electrons. The van der Waals surface area contributed by atoms with Crippen molar-refractivity contribution in [2.45, 2.75) is 55.8 Å². The quantitative estimate of drug-likeness (QED) is 0.779. The lowest BCUT2D eigenvalue weighted by molar-refractivity contribution is -0.189. The SMILES string of the molecule is C[C@H](NS(=O)(=O)c1ccc(Cl)cc1)C(=O)NC1CCCCC1C(F)(F)F. The minimum absolute atomic E-state index is 0.0423. The molecule has 2 unspecified atom stereocenters. The maximum atomic E-state index is 13.1. The fourth-order valence-corrected chi connectivity index (χ4v) is 4.30. The number of hydrogen-bond donors (Lipinski definition) is 2. The van der Waals surface area contributed by atoms with Crippen molar-refractivity contribution in [2.24, 2.45) is 5.92 Å². The number of carbonyl (C=O) groups excluding carboxylic acids is 1. The summed E-state index contributed by atoms with van der Waals surface area (Å²) in [6.07, 6.45) is -3.19. The monoisotopic (exact) mass is 412 g/mol. The fourth-order valence-electron chi connectivity index (χ4n) is 2.97. The van der Waals surface area contributed by atoms with E-state index < -0.39 is 40.1 Å². The zero-order valence-electron chi connectivity index (χ0n) is 14.0. The van der Waals surface area contributed by atoms with E-state index in [0.717, 1.165) is 0 Å². The first-order chi connectivity index (χ1) is 12.0. The van der Waals surface area contributed by atoms with Crippen molar-refractivity contribution in [1.29, 1.82) is 0 Å². The van der Waals surface area contributed by atoms with Gasteiger partial charge in [0.15, 0.2) is 0 Å². The smallest absolute Gasteiger partial charge is 0.351 e. The molecule has 1 fully saturated rings. The number of halogens is 4. The third-order valence-electron chi connectivity index (χ3n) is 4.36. The third kappa shape index (κ3) is 5.34. The Kier molecular flexibility index (Phi) is 6.57. The first-order valence-electron chi connectivity index (χ1n) is 8.15. The molecule has 0 spiro atoms. The summed E-state index contributed by atoms with van der Waals surface area (Å²) in [5, 5.41) is 2.70. The Morgan fingerprint density at radius 1 is 1.19 bits per heavy atom. The van der Waals surface area contributed by atoms with E-state index in [-0.39, 0.29) is 17.7 Å². The Morgan fingerprint density at radius 3 is 2.35 bits per heavy atom. The number of sulfonamides is 1. The summed E-state index contributed by atoms with van der Waals surface area (Å²) in [4.78, 5) is 12.1. The Bertz CT molecular complexity index is 738. The highest BCUT2D eigenvalue weighted by molar-refractivity contribution is 7.89. The molecule has 2 rings (SSSR count). The van der Waals surface area contributed by atoms with Crippen LogP contribution < -0.4 is 10.0 Å². The number of amides is 1. The second kappa shape index (κ2) is 8.14. The molecule has 5 nitrogen and oxygen atoms in total. The maximum absolute atomic E-state index is 13.1. The van der Waals surface area contributed by atoms with Crippen LogP contribution in [0.5, 0.6) is 0 Å². The predicted octanol–water partition coefficient (Wildman–Crippen LogP) is 3.24. The molecule has 0 aromatic heterocycles. The van der Waals surface area contributed by atoms with Crippen LogP contribution in [0.1, 0.15) is 32.6 Å². The zero-order valence-corrected chi connectivity index (χ0v) is 15.6. The molecule has 1 aliphatic rings. The normalized spacial score (nSPS) is 22.7. The van der Waals surface area contributed by atoms with Crippen LogP contribution in [0.2, 0.25) is 5.02 Å². The topological polar surface area (TPSA) is 75.3 Å². The van der Waals surface area contributed by atoms with Gasteiger partial charge in [-0.05, 0) is 44.0 Å². The number of alkyl halides is 3. The molecule has 0 saturated heterocycles. The number of rotatable bonds is 5. The molecule has 0 aliphatic heterocycles. The molecule has 1 saturated carbocycles. The molecule has 1 aromatic carbocycles. The van der Waals surface area contributed by atoms with Crippen LogP contribution in [0.4, 0.5) is 13.2 Å². The maximum Gasteiger partial charge on any atom is 0.393 e. The van der Waals surface area contributed by atoms with Gasteiger partial charge in [0.25, 0.3) is 0 Å². The highest BCUT2D eigenvalue weighted by atomic mass is 35.5. The number of hydrogen-bond acceptors (Lipinski definition) is 3. The predicted molar refractivity (Wildman–Crippen MR) is 91.2 cm³/mol. The van der Waals surface area contributed by atoms with Crippen molar-refractivity contribution in [3.8, 4) is 0 Å². The van der Waals surface area contributed by atoms with Crippen LogP contribution in [0.15, 0.2) is 29.2 Å². The van der Waals surface area contributed by atoms with E-state index in [0.29, 0.717) is 17.9 Å². The third-order valence-corrected chi connectivity index (χ3v) is 6.17. The Hall–Kier alpha value is -1.32. The molecule has 10 heteroatoms. The van der Waals surface area contributed by atoms with Crippen molar-refractivity contribution in [3.05, 3.63) is 29.3 Å². The van der Waals surface area contributed by atoms with Crippen molar-refractivity contribution in [3.63, 3.8) is 0 Å². The molecule has 2 N–H and O–H groups in total. The van der Waals surface area contributed by atoms with Crippen LogP contribution in [-0.4, -0.2) is 32.6 Å². The van der Waals surface area contributed by atoms with Gasteiger partial charge in [-0.15, -0.1) is 0 Å². The lowest BCUT2D eigenvalue weighted by Crippen LogP contribution is -2.53. The molecular weight excluding hydrogens is 393 g/mol. The summed E-state index contributed by atoms with van der Waals surface area (Å²) in [5.41, 5.74) is 0. The van der Waals surface area contributed by atoms with Crippen LogP contribution in [0.3, 0.4) is 0 Å². The first-order valence-corrected chi connectivity index (χ1v) is 10.0. The summed E-state index contributed by atoms with van der Waals surface area (Å²) in [6, 6.07) is 3.06. The number of nitrogens with one attached hydrogen (secondary N) is 2. The van der Waals surface area contributed by atoms with E-state index >= 15 is 0 Å². The molecule has 1 aromatic rings. The van der Waals surface area contributed by atoms with Gasteiger partial charge in [-0.1, -0.05) is 24.4 Å². The van der Waals surface area contributed by atoms with Crippen LogP contribution in [-0.2, 0) is 14.8 Å². The fraction of sp³-hybridized carbons (Fsp3) is 0.562. The highest BCUT2D eigenvalue weighted by Gasteiger charge is 2.46. The Labute approximate surface area is 155 Å². The summed E-state index contributed by atoms with van der Waals surface area (Å²) >= 11 is 5.71. The Morgan fingerprint density at radius 2 is 1.77 bits per heavy atom. The molecule has 1 amide bonds. The second-order valence-corrected chi connectivity index (χ2v) is 8.49. The largest absolute Gasteiger partial charge is 0.393 e. The van der Waals surface area contributed by atoms with Gasteiger partial charge in [-0.2, -0.15) is 17.9 Å². The van der Waals surface area contributed by atoms with Gasteiger partial charge in [0.05, 0.1) is 16.9 Å². The van der Waals surface area contributed by atoms with Crippen molar-refractivity contribution in [2.75, 3.05) is 0 Å². The van der Waals surface area contributed by atoms with Gasteiger partial charge in [-0.25, -0.2) is 8.42 Å². The standard InChI is InChI=1S/C16H20ClF3N2O3S/c1-10(22-26(24,25)12-8-6-11(17)7-9-12)15(23)21-14-5-3-2-4-13(14)16(18,19)20/h6-10,13-14,22H,2-5H2,1H3,(H,21,23)/t10-,13?,14?/m0/s1. The van der Waals surface area contributed by atoms with E-state index in [4.69, 9.17) is 11.6 Å². The summed E-state index contributed by atoms with van der Waals surface area (Å²) in [7, 11) is -4.00. The van der Waals surface area contributed by atoms with Gasteiger partial charge in [0.1, 0.15) is 0 Å². The minimum atomic E-state index is -4.40. The van der Waals surface area contributed by atoms with Gasteiger partial charge < -0.3 is 5.32 Å². The summed E-state index contributed by atoms with van der Waals surface area (Å²) in [6.45, 7) is 1.29. The molecule has 26 heavy (non-hydrogen) atoms. The average molecular weight is 413 g/mol. The molecule has 0 bridgehead atoms. The summed E-state index contributed by atoms with van der Waals surface area (Å²) < 4.78 is 66.0. The van der Waals surface area contributed by atoms with Crippen LogP contribution >= 0.6 is 11.6 Å². The summed E-state index contributed by atoms with van der Waals surface area (Å²) in [5.74, 6) is -2.40. The van der Waals surface area contributed by atoms with Crippen molar-refractivity contribution < 1.29 is 26.4 Å². The van der Waals surface area contributed by atoms with Gasteiger partial charge >= 0.3 is 6.18 Å².